The van der Waals surface area contributed by atoms with Crippen molar-refractivity contribution in [2.24, 2.45) is 0 Å². The van der Waals surface area contributed by atoms with Crippen LogP contribution in [0, 0.1) is 0 Å². The van der Waals surface area contributed by atoms with Crippen LogP contribution in [-0.2, 0) is 38.1 Å². The first kappa shape index (κ1) is 32.7. The Labute approximate surface area is 263 Å². The third kappa shape index (κ3) is 6.79. The SMILES string of the molecule is CS(=O)(=O)[N+]1(NC(=O)C(COCc2ccccc2)NCc2ccc(Cl)c(Cl)c2)CC2(CCNCC2)c2ccccc21.Cl. The molecule has 0 saturated carbocycles. The summed E-state index contributed by atoms with van der Waals surface area (Å²) in [6.45, 7) is 2.45. The number of quaternary nitrogens is 1. The Bertz CT molecular complexity index is 1500. The molecule has 8 nitrogen and oxygen atoms in total. The number of benzene rings is 3. The second-order valence-electron chi connectivity index (χ2n) is 10.8. The summed E-state index contributed by atoms with van der Waals surface area (Å²) < 4.78 is 32.6. The standard InChI is InChI=1S/C30H34Cl2N4O4S.ClH/c1-41(38,39)36(21-30(13-15-33-16-14-30)24-9-5-6-10-28(24)36)35-29(37)27(20-40-19-22-7-3-2-4-8-22)34-18-23-11-12-25(31)26(32)17-23;/h2-12,17,27,33-34H,13-16,18-21H2,1H3;1H/p+1. The highest BCUT2D eigenvalue weighted by Crippen LogP contribution is 2.50. The largest absolute Gasteiger partial charge is 0.375 e. The maximum absolute atomic E-state index is 14.0. The van der Waals surface area contributed by atoms with Gasteiger partial charge in [-0.2, -0.15) is 13.8 Å². The quantitative estimate of drug-likeness (QED) is 0.274. The molecule has 3 N–H and O–H groups in total. The number of hydrogen-bond donors (Lipinski definition) is 3. The smallest absolute Gasteiger partial charge is 0.321 e. The molecule has 2 heterocycles. The zero-order chi connectivity index (χ0) is 29.1. The number of rotatable bonds is 10. The van der Waals surface area contributed by atoms with Crippen molar-refractivity contribution in [2.75, 3.05) is 32.5 Å². The fraction of sp³-hybridized carbons (Fsp3) is 0.367. The zero-order valence-electron chi connectivity index (χ0n) is 23.3. The molecule has 1 amide bonds. The van der Waals surface area contributed by atoms with Crippen molar-refractivity contribution in [3.05, 3.63) is 99.5 Å². The Kier molecular flexibility index (Phi) is 10.6. The summed E-state index contributed by atoms with van der Waals surface area (Å²) in [6, 6.07) is 21.7. The molecule has 42 heavy (non-hydrogen) atoms. The van der Waals surface area contributed by atoms with Gasteiger partial charge in [-0.25, -0.2) is 0 Å². The second-order valence-corrected chi connectivity index (χ2v) is 13.7. The van der Waals surface area contributed by atoms with Gasteiger partial charge in [0.1, 0.15) is 12.6 Å². The van der Waals surface area contributed by atoms with Gasteiger partial charge in [0.15, 0.2) is 5.69 Å². The number of fused-ring (bicyclic) bond motifs is 2. The predicted octanol–water partition coefficient (Wildman–Crippen LogP) is 4.72. The lowest BCUT2D eigenvalue weighted by Gasteiger charge is -2.36. The van der Waals surface area contributed by atoms with Gasteiger partial charge in [0.2, 0.25) is 0 Å². The molecule has 226 valence electrons. The molecule has 3 aromatic carbocycles. The third-order valence-electron chi connectivity index (χ3n) is 8.06. The fourth-order valence-corrected chi connectivity index (χ4v) is 7.46. The third-order valence-corrected chi connectivity index (χ3v) is 10.3. The van der Waals surface area contributed by atoms with Crippen LogP contribution in [0.2, 0.25) is 10.0 Å². The highest BCUT2D eigenvalue weighted by molar-refractivity contribution is 7.90. The summed E-state index contributed by atoms with van der Waals surface area (Å²) in [5.41, 5.74) is 5.98. The normalized spacial score (nSPS) is 20.0. The molecule has 1 saturated heterocycles. The van der Waals surface area contributed by atoms with E-state index in [0.29, 0.717) is 28.9 Å². The number of amides is 1. The summed E-state index contributed by atoms with van der Waals surface area (Å²) in [6.07, 6.45) is 2.76. The summed E-state index contributed by atoms with van der Waals surface area (Å²) in [5, 5.41) is 7.48. The fourth-order valence-electron chi connectivity index (χ4n) is 5.89. The molecule has 2 atom stereocenters. The summed E-state index contributed by atoms with van der Waals surface area (Å²) in [5.74, 6) is -0.468. The van der Waals surface area contributed by atoms with E-state index in [1.165, 1.54) is 6.26 Å². The second kappa shape index (κ2) is 13.6. The number of sulfonamides is 1. The highest BCUT2D eigenvalue weighted by Gasteiger charge is 2.60. The van der Waals surface area contributed by atoms with Crippen LogP contribution in [0.1, 0.15) is 29.5 Å². The highest BCUT2D eigenvalue weighted by atomic mass is 35.5. The van der Waals surface area contributed by atoms with Crippen molar-refractivity contribution < 1.29 is 17.9 Å². The average Bonchev–Trinajstić information content (AvgIpc) is 3.23. The Hall–Kier alpha value is -2.21. The van der Waals surface area contributed by atoms with Crippen molar-refractivity contribution in [2.45, 2.75) is 37.5 Å². The monoisotopic (exact) mass is 653 g/mol. The van der Waals surface area contributed by atoms with Gasteiger partial charge in [0, 0.05) is 18.2 Å². The van der Waals surface area contributed by atoms with Gasteiger partial charge in [-0.3, -0.25) is 10.1 Å². The van der Waals surface area contributed by atoms with E-state index in [9.17, 15) is 13.2 Å². The van der Waals surface area contributed by atoms with Crippen molar-refractivity contribution in [3.8, 4) is 0 Å². The van der Waals surface area contributed by atoms with Crippen molar-refractivity contribution in [1.82, 2.24) is 20.1 Å². The van der Waals surface area contributed by atoms with Gasteiger partial charge in [-0.15, -0.1) is 12.4 Å². The number of ether oxygens (including phenoxy) is 1. The van der Waals surface area contributed by atoms with E-state index >= 15 is 0 Å². The van der Waals surface area contributed by atoms with Crippen LogP contribution in [-0.4, -0.2) is 52.9 Å². The number of hydrogen-bond acceptors (Lipinski definition) is 6. The molecule has 1 fully saturated rings. The minimum absolute atomic E-state index is 0. The van der Waals surface area contributed by atoms with Crippen LogP contribution in [0.15, 0.2) is 72.8 Å². The molecule has 0 aromatic heterocycles. The number of carbonyl (C=O) groups excluding carboxylic acids is 1. The maximum Gasteiger partial charge on any atom is 0.321 e. The van der Waals surface area contributed by atoms with Gasteiger partial charge in [0.25, 0.3) is 5.91 Å². The Morgan fingerprint density at radius 3 is 2.38 bits per heavy atom. The van der Waals surface area contributed by atoms with Gasteiger partial charge in [0.05, 0.1) is 34.9 Å². The topological polar surface area (TPSA) is 96.5 Å². The van der Waals surface area contributed by atoms with E-state index in [2.05, 4.69) is 16.1 Å². The molecular formula is C30H36Cl3N4O4S+. The number of para-hydroxylation sites is 1. The summed E-state index contributed by atoms with van der Waals surface area (Å²) in [7, 11) is -3.84. The molecule has 0 bridgehead atoms. The van der Waals surface area contributed by atoms with E-state index in [-0.39, 0.29) is 31.0 Å². The van der Waals surface area contributed by atoms with Crippen LogP contribution < -0.4 is 20.1 Å². The Morgan fingerprint density at radius 2 is 1.69 bits per heavy atom. The number of piperidine rings is 1. The molecule has 5 rings (SSSR count). The van der Waals surface area contributed by atoms with E-state index in [1.807, 2.05) is 60.7 Å². The minimum atomic E-state index is -3.84. The maximum atomic E-state index is 14.0. The van der Waals surface area contributed by atoms with Crippen molar-refractivity contribution in [3.63, 3.8) is 0 Å². The van der Waals surface area contributed by atoms with Crippen LogP contribution in [0.3, 0.4) is 0 Å². The van der Waals surface area contributed by atoms with Crippen LogP contribution in [0.4, 0.5) is 5.69 Å². The first-order chi connectivity index (χ1) is 19.6. The average molecular weight is 655 g/mol. The molecule has 2 aliphatic heterocycles. The summed E-state index contributed by atoms with van der Waals surface area (Å²) in [4.78, 5) is 14.0. The number of carbonyl (C=O) groups is 1. The lowest BCUT2D eigenvalue weighted by molar-refractivity contribution is -0.127. The van der Waals surface area contributed by atoms with Crippen molar-refractivity contribution in [1.29, 1.82) is 0 Å². The molecular weight excluding hydrogens is 619 g/mol. The van der Waals surface area contributed by atoms with E-state index in [0.717, 1.165) is 42.6 Å². The van der Waals surface area contributed by atoms with Gasteiger partial charge in [-0.05, 0) is 49.2 Å². The Morgan fingerprint density at radius 1 is 1.00 bits per heavy atom. The first-order valence-electron chi connectivity index (χ1n) is 13.6. The molecule has 0 radical (unpaired) electrons. The van der Waals surface area contributed by atoms with Crippen LogP contribution in [0.25, 0.3) is 0 Å². The van der Waals surface area contributed by atoms with E-state index < -0.39 is 26.0 Å². The first-order valence-corrected chi connectivity index (χ1v) is 16.2. The number of nitrogens with zero attached hydrogens (tertiary/aromatic N) is 1. The molecule has 2 unspecified atom stereocenters. The van der Waals surface area contributed by atoms with Gasteiger partial charge >= 0.3 is 10.0 Å². The predicted molar refractivity (Wildman–Crippen MR) is 170 cm³/mol. The van der Waals surface area contributed by atoms with E-state index in [4.69, 9.17) is 27.9 Å². The molecule has 1 spiro atoms. The molecule has 12 heteroatoms. The van der Waals surface area contributed by atoms with Gasteiger partial charge < -0.3 is 10.1 Å². The van der Waals surface area contributed by atoms with E-state index in [1.54, 1.807) is 12.1 Å². The minimum Gasteiger partial charge on any atom is -0.375 e. The summed E-state index contributed by atoms with van der Waals surface area (Å²) >= 11 is 12.3. The lowest BCUT2D eigenvalue weighted by Crippen LogP contribution is -2.68. The van der Waals surface area contributed by atoms with Gasteiger partial charge in [-0.1, -0.05) is 81.8 Å². The van der Waals surface area contributed by atoms with Crippen molar-refractivity contribution >= 4 is 57.2 Å². The molecule has 0 aliphatic carbocycles. The van der Waals surface area contributed by atoms with Crippen LogP contribution in [0.5, 0.6) is 0 Å². The number of nitrogens with one attached hydrogen (secondary N) is 3. The lowest BCUT2D eigenvalue weighted by atomic mass is 9.75. The Balaban J connectivity index is 0.00000405. The molecule has 2 aliphatic rings. The molecule has 3 aromatic rings. The zero-order valence-corrected chi connectivity index (χ0v) is 26.5. The number of halogens is 3. The van der Waals surface area contributed by atoms with Crippen LogP contribution >= 0.6 is 35.6 Å².